The summed E-state index contributed by atoms with van der Waals surface area (Å²) in [6, 6.07) is -1.47. The molecule has 0 amide bonds. The highest BCUT2D eigenvalue weighted by Gasteiger charge is 2.27. The van der Waals surface area contributed by atoms with Crippen molar-refractivity contribution in [1.29, 1.82) is 0 Å². The quantitative estimate of drug-likeness (QED) is 0.0243. The fourth-order valence-electron chi connectivity index (χ4n) is 5.41. The van der Waals surface area contributed by atoms with E-state index in [2.05, 4.69) is 26.0 Å². The van der Waals surface area contributed by atoms with E-state index < -0.39 is 45.1 Å². The lowest BCUT2D eigenvalue weighted by atomic mass is 10.0. The summed E-state index contributed by atoms with van der Waals surface area (Å²) in [6.07, 6.45) is 34.1. The fourth-order valence-corrected chi connectivity index (χ4v) is 6.19. The lowest BCUT2D eigenvalue weighted by Gasteiger charge is -2.20. The van der Waals surface area contributed by atoms with Gasteiger partial charge in [-0.25, -0.2) is 4.57 Å². The Morgan fingerprint density at radius 3 is 1.61 bits per heavy atom. The first-order valence-electron chi connectivity index (χ1n) is 19.7. The summed E-state index contributed by atoms with van der Waals surface area (Å²) in [5, 5.41) is 8.86. The van der Waals surface area contributed by atoms with Gasteiger partial charge in [-0.3, -0.25) is 18.6 Å². The molecule has 0 radical (unpaired) electrons. The van der Waals surface area contributed by atoms with Crippen LogP contribution in [0.1, 0.15) is 181 Å². The normalized spacial score (nSPS) is 14.2. The molecule has 4 N–H and O–H groups in total. The summed E-state index contributed by atoms with van der Waals surface area (Å²) in [6.45, 7) is 3.84. The Balaban J connectivity index is 4.24. The Morgan fingerprint density at radius 2 is 1.08 bits per heavy atom. The third kappa shape index (κ3) is 34.9. The average molecular weight is 720 g/mol. The fraction of sp³-hybridized carbons (Fsp3) is 0.895. The lowest BCUT2D eigenvalue weighted by molar-refractivity contribution is -0.154. The number of carbonyl (C=O) groups is 2. The monoisotopic (exact) mass is 720 g/mol. The zero-order chi connectivity index (χ0) is 36.3. The molecule has 3 atom stereocenters. The van der Waals surface area contributed by atoms with Crippen molar-refractivity contribution in [2.24, 2.45) is 5.73 Å². The minimum absolute atomic E-state index is 0.0187. The predicted octanol–water partition coefficient (Wildman–Crippen LogP) is 10.2. The minimum atomic E-state index is -4.60. The van der Waals surface area contributed by atoms with E-state index in [4.69, 9.17) is 29.4 Å². The number of unbranched alkanes of at least 4 members (excludes halogenated alkanes) is 22. The molecule has 0 aliphatic rings. The number of phosphoric ester groups is 1. The van der Waals surface area contributed by atoms with Gasteiger partial charge in [-0.05, 0) is 32.1 Å². The van der Waals surface area contributed by atoms with E-state index in [0.29, 0.717) is 13.0 Å². The summed E-state index contributed by atoms with van der Waals surface area (Å²) in [5.41, 5.74) is 5.34. The molecule has 0 saturated carbocycles. The van der Waals surface area contributed by atoms with Crippen molar-refractivity contribution >= 4 is 19.8 Å². The SMILES string of the molecule is CCCC/C=C\CCCCCCCC(=O)O[C@H](COCCCCCCCCCCCCCCCCCC)COP(=O)(O)OC[C@H](N)C(=O)O. The number of hydrogen-bond donors (Lipinski definition) is 3. The number of carboxylic acid groups (broad SMARTS) is 1. The van der Waals surface area contributed by atoms with E-state index >= 15 is 0 Å². The van der Waals surface area contributed by atoms with Crippen molar-refractivity contribution in [3.05, 3.63) is 12.2 Å². The maximum atomic E-state index is 12.5. The first-order chi connectivity index (χ1) is 23.7. The number of ether oxygens (including phenoxy) is 2. The van der Waals surface area contributed by atoms with Crippen LogP contribution >= 0.6 is 7.82 Å². The van der Waals surface area contributed by atoms with Gasteiger partial charge in [-0.2, -0.15) is 0 Å². The summed E-state index contributed by atoms with van der Waals surface area (Å²) in [7, 11) is -4.60. The third-order valence-electron chi connectivity index (χ3n) is 8.54. The van der Waals surface area contributed by atoms with E-state index in [9.17, 15) is 19.0 Å². The molecule has 0 heterocycles. The Kier molecular flexibility index (Phi) is 34.2. The number of rotatable bonds is 38. The van der Waals surface area contributed by atoms with Crippen LogP contribution < -0.4 is 5.73 Å². The Morgan fingerprint density at radius 1 is 0.633 bits per heavy atom. The second-order valence-corrected chi connectivity index (χ2v) is 14.9. The van der Waals surface area contributed by atoms with Gasteiger partial charge in [0.15, 0.2) is 0 Å². The van der Waals surface area contributed by atoms with Crippen LogP contribution in [0.2, 0.25) is 0 Å². The molecule has 0 rings (SSSR count). The maximum Gasteiger partial charge on any atom is 0.472 e. The summed E-state index contributed by atoms with van der Waals surface area (Å²) >= 11 is 0. The maximum absolute atomic E-state index is 12.5. The van der Waals surface area contributed by atoms with Gasteiger partial charge >= 0.3 is 19.8 Å². The highest BCUT2D eigenvalue weighted by atomic mass is 31.2. The predicted molar refractivity (Wildman–Crippen MR) is 199 cm³/mol. The first kappa shape index (κ1) is 47.7. The Bertz CT molecular complexity index is 842. The summed E-state index contributed by atoms with van der Waals surface area (Å²) in [5.74, 6) is -1.78. The van der Waals surface area contributed by atoms with Crippen molar-refractivity contribution in [1.82, 2.24) is 0 Å². The van der Waals surface area contributed by atoms with E-state index in [1.54, 1.807) is 0 Å². The van der Waals surface area contributed by atoms with Gasteiger partial charge in [0.05, 0.1) is 19.8 Å². The Hall–Kier alpha value is -1.29. The van der Waals surface area contributed by atoms with Crippen molar-refractivity contribution in [3.8, 4) is 0 Å². The van der Waals surface area contributed by atoms with Crippen LogP contribution in [0.15, 0.2) is 12.2 Å². The van der Waals surface area contributed by atoms with Gasteiger partial charge in [0.25, 0.3) is 0 Å². The van der Waals surface area contributed by atoms with E-state index in [1.165, 1.54) is 96.3 Å². The number of hydrogen-bond acceptors (Lipinski definition) is 8. The number of allylic oxidation sites excluding steroid dienone is 2. The molecule has 0 fully saturated rings. The van der Waals surface area contributed by atoms with Crippen LogP contribution in [0.5, 0.6) is 0 Å². The van der Waals surface area contributed by atoms with Crippen LogP contribution in [-0.2, 0) is 32.7 Å². The molecule has 11 heteroatoms. The second-order valence-electron chi connectivity index (χ2n) is 13.4. The van der Waals surface area contributed by atoms with Crippen LogP contribution in [0.25, 0.3) is 0 Å². The molecule has 10 nitrogen and oxygen atoms in total. The molecule has 0 aliphatic heterocycles. The smallest absolute Gasteiger partial charge is 0.472 e. The molecule has 0 aromatic rings. The van der Waals surface area contributed by atoms with Crippen molar-refractivity contribution < 1.29 is 42.7 Å². The largest absolute Gasteiger partial charge is 0.480 e. The summed E-state index contributed by atoms with van der Waals surface area (Å²) < 4.78 is 33.2. The summed E-state index contributed by atoms with van der Waals surface area (Å²) in [4.78, 5) is 33.4. The molecular weight excluding hydrogens is 645 g/mol. The zero-order valence-corrected chi connectivity index (χ0v) is 32.2. The topological polar surface area (TPSA) is 155 Å². The average Bonchev–Trinajstić information content (AvgIpc) is 3.07. The molecule has 1 unspecified atom stereocenters. The second kappa shape index (κ2) is 35.1. The van der Waals surface area contributed by atoms with Gasteiger partial charge in [0.1, 0.15) is 12.1 Å². The third-order valence-corrected chi connectivity index (χ3v) is 9.50. The molecule has 0 saturated heterocycles. The van der Waals surface area contributed by atoms with Crippen LogP contribution in [0, 0.1) is 0 Å². The van der Waals surface area contributed by atoms with Gasteiger partial charge < -0.3 is 25.2 Å². The van der Waals surface area contributed by atoms with E-state index in [1.807, 2.05) is 0 Å². The van der Waals surface area contributed by atoms with Crippen LogP contribution in [-0.4, -0.2) is 60.5 Å². The molecular formula is C38H74NO9P. The molecule has 0 spiro atoms. The van der Waals surface area contributed by atoms with Crippen molar-refractivity contribution in [3.63, 3.8) is 0 Å². The van der Waals surface area contributed by atoms with Gasteiger partial charge in [0.2, 0.25) is 0 Å². The minimum Gasteiger partial charge on any atom is -0.480 e. The zero-order valence-electron chi connectivity index (χ0n) is 31.3. The van der Waals surface area contributed by atoms with Gasteiger partial charge in [-0.15, -0.1) is 0 Å². The first-order valence-corrected chi connectivity index (χ1v) is 21.2. The van der Waals surface area contributed by atoms with E-state index in [0.717, 1.165) is 57.8 Å². The number of esters is 1. The molecule has 290 valence electrons. The lowest BCUT2D eigenvalue weighted by Crippen LogP contribution is -2.34. The molecule has 0 bridgehead atoms. The standard InChI is InChI=1S/C38H74NO9P/c1-3-5-7-9-11-13-15-16-17-18-19-21-23-25-27-29-31-45-32-35(33-46-49(43,44)47-34-36(39)38(41)42)48-37(40)30-28-26-24-22-20-14-12-10-8-6-4-2/h10,12,35-36H,3-9,11,13-34,39H2,1-2H3,(H,41,42)(H,43,44)/b12-10-/t35-,36+/m1/s1. The number of aliphatic carboxylic acids is 1. The molecule has 0 aromatic heterocycles. The van der Waals surface area contributed by atoms with Crippen molar-refractivity contribution in [2.75, 3.05) is 26.4 Å². The highest BCUT2D eigenvalue weighted by molar-refractivity contribution is 7.47. The molecule has 0 aromatic carbocycles. The number of carboxylic acids is 1. The highest BCUT2D eigenvalue weighted by Crippen LogP contribution is 2.43. The Labute approximate surface area is 299 Å². The van der Waals surface area contributed by atoms with Crippen molar-refractivity contribution in [2.45, 2.75) is 193 Å². The number of phosphoric acid groups is 1. The number of nitrogens with two attached hydrogens (primary N) is 1. The number of carbonyl (C=O) groups excluding carboxylic acids is 1. The molecule has 0 aliphatic carbocycles. The van der Waals surface area contributed by atoms with E-state index in [-0.39, 0.29) is 13.0 Å². The molecule has 49 heavy (non-hydrogen) atoms. The van der Waals surface area contributed by atoms with Gasteiger partial charge in [0, 0.05) is 13.0 Å². The van der Waals surface area contributed by atoms with Crippen LogP contribution in [0.4, 0.5) is 0 Å². The van der Waals surface area contributed by atoms with Gasteiger partial charge in [-0.1, -0.05) is 154 Å². The van der Waals surface area contributed by atoms with Crippen LogP contribution in [0.3, 0.4) is 0 Å².